The molecule has 2 aliphatic rings. The first-order valence-electron chi connectivity index (χ1n) is 23.6. The molecule has 0 radical (unpaired) electrons. The largest absolute Gasteiger partial charge is 0.463 e. The lowest BCUT2D eigenvalue weighted by atomic mass is 9.94. The number of non-ortho nitro benzene ring substituents is 1. The fourth-order valence-corrected chi connectivity index (χ4v) is 8.20. The zero-order valence-corrected chi connectivity index (χ0v) is 40.5. The normalized spacial score (nSPS) is 23.6. The molecule has 73 heavy (non-hydrogen) atoms. The lowest BCUT2D eigenvalue weighted by Gasteiger charge is -2.49. The number of hydrogen-bond acceptors (Lipinski definition) is 17. The van der Waals surface area contributed by atoms with E-state index in [1.807, 2.05) is 121 Å². The molecular weight excluding hydrogens is 949 g/mol. The number of benzene rings is 5. The van der Waals surface area contributed by atoms with Gasteiger partial charge >= 0.3 is 24.0 Å². The summed E-state index contributed by atoms with van der Waals surface area (Å²) < 4.78 is 69.7. The van der Waals surface area contributed by atoms with Gasteiger partial charge in [-0.1, -0.05) is 121 Å². The van der Waals surface area contributed by atoms with Gasteiger partial charge in [0.05, 0.1) is 38.0 Å². The summed E-state index contributed by atoms with van der Waals surface area (Å²) >= 11 is 0. The molecule has 19 nitrogen and oxygen atoms in total. The smallest absolute Gasteiger partial charge is 0.407 e. The molecular formula is C54H58N2O17. The topological polar surface area (TPSA) is 225 Å². The molecule has 2 fully saturated rings. The van der Waals surface area contributed by atoms with Crippen molar-refractivity contribution in [3.05, 3.63) is 184 Å². The Kier molecular flexibility index (Phi) is 19.9. The third-order valence-corrected chi connectivity index (χ3v) is 11.6. The van der Waals surface area contributed by atoms with Gasteiger partial charge < -0.3 is 57.4 Å². The molecule has 10 unspecified atom stereocenters. The molecule has 0 spiro atoms. The Bertz CT molecular complexity index is 2520. The number of hydrogen-bond donors (Lipinski definition) is 1. The van der Waals surface area contributed by atoms with Crippen molar-refractivity contribution in [1.29, 1.82) is 0 Å². The van der Waals surface area contributed by atoms with E-state index in [4.69, 9.17) is 52.1 Å². The van der Waals surface area contributed by atoms with E-state index < -0.39 is 96.9 Å². The maximum absolute atomic E-state index is 13.9. The van der Waals surface area contributed by atoms with Crippen LogP contribution in [-0.2, 0) is 99.5 Å². The molecule has 10 atom stereocenters. The molecule has 19 heteroatoms. The van der Waals surface area contributed by atoms with Crippen molar-refractivity contribution >= 4 is 29.7 Å². The van der Waals surface area contributed by atoms with Gasteiger partial charge in [-0.3, -0.25) is 24.5 Å². The van der Waals surface area contributed by atoms with Gasteiger partial charge in [0.15, 0.2) is 24.8 Å². The maximum Gasteiger partial charge on any atom is 0.407 e. The number of alkyl carbamates (subject to hydrolysis) is 1. The summed E-state index contributed by atoms with van der Waals surface area (Å²) in [6.45, 7) is 2.84. The summed E-state index contributed by atoms with van der Waals surface area (Å²) in [5, 5.41) is 14.0. The summed E-state index contributed by atoms with van der Waals surface area (Å²) in [6.07, 6.45) is -12.7. The molecule has 0 saturated carbocycles. The van der Waals surface area contributed by atoms with Gasteiger partial charge in [-0.05, 0) is 39.9 Å². The first kappa shape index (κ1) is 53.7. The van der Waals surface area contributed by atoms with E-state index in [0.29, 0.717) is 5.56 Å². The number of nitro groups is 1. The molecule has 0 aliphatic carbocycles. The van der Waals surface area contributed by atoms with E-state index in [-0.39, 0.29) is 45.3 Å². The number of esters is 3. The van der Waals surface area contributed by atoms with Crippen molar-refractivity contribution in [1.82, 2.24) is 5.32 Å². The maximum atomic E-state index is 13.9. The molecule has 5 aromatic carbocycles. The number of ether oxygens (including phenoxy) is 11. The Morgan fingerprint density at radius 3 is 1.48 bits per heavy atom. The van der Waals surface area contributed by atoms with Crippen LogP contribution in [0.4, 0.5) is 10.5 Å². The Balaban J connectivity index is 1.30. The highest BCUT2D eigenvalue weighted by Gasteiger charge is 2.56. The number of carbonyl (C=O) groups excluding carboxylic acids is 4. The first-order valence-corrected chi connectivity index (χ1v) is 23.6. The monoisotopic (exact) mass is 1010 g/mol. The molecule has 5 aromatic rings. The van der Waals surface area contributed by atoms with Crippen LogP contribution in [-0.4, -0.2) is 103 Å². The third kappa shape index (κ3) is 16.2. The fraction of sp³-hybridized carbons (Fsp3) is 0.370. The zero-order chi connectivity index (χ0) is 51.5. The van der Waals surface area contributed by atoms with Gasteiger partial charge in [-0.15, -0.1) is 0 Å². The summed E-state index contributed by atoms with van der Waals surface area (Å²) in [6, 6.07) is 41.7. The molecule has 386 valence electrons. The minimum Gasteiger partial charge on any atom is -0.463 e. The van der Waals surface area contributed by atoms with Gasteiger partial charge in [-0.25, -0.2) is 4.79 Å². The first-order chi connectivity index (χ1) is 35.4. The van der Waals surface area contributed by atoms with Crippen molar-refractivity contribution in [2.45, 2.75) is 115 Å². The average Bonchev–Trinajstić information content (AvgIpc) is 3.39. The number of rotatable bonds is 23. The Hall–Kier alpha value is -7.10. The van der Waals surface area contributed by atoms with E-state index in [1.54, 1.807) is 0 Å². The summed E-state index contributed by atoms with van der Waals surface area (Å²) in [5.74, 6) is -2.36. The van der Waals surface area contributed by atoms with E-state index >= 15 is 0 Å². The molecule has 0 bridgehead atoms. The minimum absolute atomic E-state index is 0.0431. The van der Waals surface area contributed by atoms with Gasteiger partial charge in [0.1, 0.15) is 49.8 Å². The Morgan fingerprint density at radius 2 is 0.959 bits per heavy atom. The van der Waals surface area contributed by atoms with Gasteiger partial charge in [0.2, 0.25) is 0 Å². The zero-order valence-electron chi connectivity index (χ0n) is 40.5. The number of nitrogens with one attached hydrogen (secondary N) is 1. The highest BCUT2D eigenvalue weighted by Crippen LogP contribution is 2.36. The Labute approximate surface area is 422 Å². The molecule has 7 rings (SSSR count). The standard InChI is InChI=1S/C54H58N2O17/c1-35(57)64-34-45-47(69-36(2)58)49(70-37(3)59)46(55-54(60)68-32-42-24-26-43(27-25-42)56(61)62)52(71-45)73-48-44(33-63-28-38-16-8-4-9-17-38)72-53(67-31-41-22-14-7-15-23-41)51(66-30-40-20-12-6-13-21-40)50(48)65-29-39-18-10-5-11-19-39/h4-27,44-53H,28-34H2,1-3H3,(H,55,60). The van der Waals surface area contributed by atoms with Crippen LogP contribution in [0.2, 0.25) is 0 Å². The lowest BCUT2D eigenvalue weighted by Crippen LogP contribution is -2.69. The van der Waals surface area contributed by atoms with Crippen LogP contribution in [0.1, 0.15) is 48.6 Å². The molecule has 1 amide bonds. The van der Waals surface area contributed by atoms with E-state index in [0.717, 1.165) is 36.1 Å². The highest BCUT2D eigenvalue weighted by molar-refractivity contribution is 5.69. The summed E-state index contributed by atoms with van der Waals surface area (Å²) in [4.78, 5) is 62.7. The second kappa shape index (κ2) is 27.1. The van der Waals surface area contributed by atoms with Gasteiger partial charge in [0, 0.05) is 32.9 Å². The molecule has 1 N–H and O–H groups in total. The van der Waals surface area contributed by atoms with Crippen LogP contribution in [0.25, 0.3) is 0 Å². The van der Waals surface area contributed by atoms with Crippen molar-refractivity contribution in [3.8, 4) is 0 Å². The van der Waals surface area contributed by atoms with Crippen LogP contribution in [0, 0.1) is 10.1 Å². The van der Waals surface area contributed by atoms with Crippen molar-refractivity contribution in [3.63, 3.8) is 0 Å². The lowest BCUT2D eigenvalue weighted by molar-refractivity contribution is -0.384. The van der Waals surface area contributed by atoms with E-state index in [1.165, 1.54) is 31.2 Å². The second-order valence-corrected chi connectivity index (χ2v) is 17.1. The van der Waals surface area contributed by atoms with Crippen LogP contribution in [0.15, 0.2) is 146 Å². The summed E-state index contributed by atoms with van der Waals surface area (Å²) in [7, 11) is 0. The molecule has 2 heterocycles. The molecule has 2 saturated heterocycles. The highest BCUT2D eigenvalue weighted by atomic mass is 16.8. The second-order valence-electron chi connectivity index (χ2n) is 17.1. The van der Waals surface area contributed by atoms with Crippen LogP contribution in [0.3, 0.4) is 0 Å². The molecule has 0 aromatic heterocycles. The van der Waals surface area contributed by atoms with E-state index in [9.17, 15) is 29.3 Å². The van der Waals surface area contributed by atoms with Crippen LogP contribution >= 0.6 is 0 Å². The summed E-state index contributed by atoms with van der Waals surface area (Å²) in [5.41, 5.74) is 3.60. The average molecular weight is 1010 g/mol. The number of nitrogens with zero attached hydrogens (tertiary/aromatic N) is 1. The third-order valence-electron chi connectivity index (χ3n) is 11.6. The van der Waals surface area contributed by atoms with Crippen LogP contribution < -0.4 is 5.32 Å². The van der Waals surface area contributed by atoms with Crippen LogP contribution in [0.5, 0.6) is 0 Å². The Morgan fingerprint density at radius 1 is 0.493 bits per heavy atom. The predicted octanol–water partition coefficient (Wildman–Crippen LogP) is 7.06. The van der Waals surface area contributed by atoms with Crippen molar-refractivity contribution in [2.24, 2.45) is 0 Å². The minimum atomic E-state index is -1.66. The number of amides is 1. The van der Waals surface area contributed by atoms with Gasteiger partial charge in [-0.2, -0.15) is 0 Å². The quantitative estimate of drug-likeness (QED) is 0.0299. The number of carbonyl (C=O) groups is 4. The fourth-order valence-electron chi connectivity index (χ4n) is 8.20. The van der Waals surface area contributed by atoms with Crippen molar-refractivity contribution < 1.29 is 76.2 Å². The SMILES string of the molecule is CC(=O)OCC1OC(OC2C(COCc3ccccc3)OC(OCc3ccccc3)C(OCc3ccccc3)C2OCc2ccccc2)C(NC(=O)OCc2ccc([N+](=O)[O-])cc2)C(OC(C)=O)C1OC(C)=O. The molecule has 2 aliphatic heterocycles. The van der Waals surface area contributed by atoms with Crippen molar-refractivity contribution in [2.75, 3.05) is 13.2 Å². The number of nitro benzene ring substituents is 1. The van der Waals surface area contributed by atoms with E-state index in [2.05, 4.69) is 5.32 Å². The predicted molar refractivity (Wildman–Crippen MR) is 258 cm³/mol. The van der Waals surface area contributed by atoms with Gasteiger partial charge in [0.25, 0.3) is 5.69 Å².